The first-order valence-corrected chi connectivity index (χ1v) is 7.23. The van der Waals surface area contributed by atoms with Gasteiger partial charge >= 0.3 is 0 Å². The predicted octanol–water partition coefficient (Wildman–Crippen LogP) is 1.97. The molecule has 108 valence electrons. The largest absolute Gasteiger partial charge is 0.394 e. The van der Waals surface area contributed by atoms with Gasteiger partial charge in [0.25, 0.3) is 0 Å². The molecule has 0 spiro atoms. The molecule has 0 aromatic heterocycles. The van der Waals surface area contributed by atoms with Gasteiger partial charge in [-0.3, -0.25) is 0 Å². The van der Waals surface area contributed by atoms with E-state index in [1.807, 2.05) is 30.5 Å². The summed E-state index contributed by atoms with van der Waals surface area (Å²) < 4.78 is 5.99. The lowest BCUT2D eigenvalue weighted by Gasteiger charge is -2.51. The average molecular weight is 274 g/mol. The third-order valence-corrected chi connectivity index (χ3v) is 4.68. The molecule has 3 rings (SSSR count). The highest BCUT2D eigenvalue weighted by molar-refractivity contribution is 5.61. The van der Waals surface area contributed by atoms with Gasteiger partial charge in [-0.2, -0.15) is 0 Å². The van der Waals surface area contributed by atoms with Crippen LogP contribution in [0.15, 0.2) is 36.5 Å². The summed E-state index contributed by atoms with van der Waals surface area (Å²) in [6.45, 7) is 0.967. The van der Waals surface area contributed by atoms with Gasteiger partial charge in [-0.1, -0.05) is 24.6 Å². The van der Waals surface area contributed by atoms with E-state index < -0.39 is 11.1 Å². The number of ether oxygens (including phenoxy) is 1. The molecule has 0 aliphatic carbocycles. The summed E-state index contributed by atoms with van der Waals surface area (Å²) in [4.78, 5) is 0. The second-order valence-electron chi connectivity index (χ2n) is 5.59. The summed E-state index contributed by atoms with van der Waals surface area (Å²) in [7, 11) is 1.72. The Morgan fingerprint density at radius 2 is 2.15 bits per heavy atom. The maximum atomic E-state index is 10.1. The van der Waals surface area contributed by atoms with Gasteiger partial charge in [0.05, 0.1) is 12.1 Å². The molecule has 2 unspecified atom stereocenters. The molecule has 2 atom stereocenters. The SMILES string of the molecule is COC1(C2(CO)CCCCN2)C=CNc2ccccc21. The molecule has 2 heterocycles. The molecule has 4 heteroatoms. The van der Waals surface area contributed by atoms with Gasteiger partial charge in [0.1, 0.15) is 5.60 Å². The van der Waals surface area contributed by atoms with Crippen molar-refractivity contribution in [3.63, 3.8) is 0 Å². The fourth-order valence-corrected chi connectivity index (χ4v) is 3.60. The van der Waals surface area contributed by atoms with Crippen molar-refractivity contribution in [3.8, 4) is 0 Å². The quantitative estimate of drug-likeness (QED) is 0.789. The maximum absolute atomic E-state index is 10.1. The number of aliphatic hydroxyl groups excluding tert-OH is 1. The Hall–Kier alpha value is -1.36. The van der Waals surface area contributed by atoms with Crippen molar-refractivity contribution >= 4 is 5.69 Å². The number of hydrogen-bond donors (Lipinski definition) is 3. The molecule has 0 bridgehead atoms. The van der Waals surface area contributed by atoms with E-state index in [4.69, 9.17) is 4.74 Å². The number of methoxy groups -OCH3 is 1. The molecule has 1 saturated heterocycles. The summed E-state index contributed by atoms with van der Waals surface area (Å²) >= 11 is 0. The number of para-hydroxylation sites is 1. The molecule has 1 aromatic rings. The van der Waals surface area contributed by atoms with Crippen molar-refractivity contribution in [3.05, 3.63) is 42.1 Å². The van der Waals surface area contributed by atoms with Crippen LogP contribution in [0.25, 0.3) is 0 Å². The fraction of sp³-hybridized carbons (Fsp3) is 0.500. The molecule has 2 aliphatic heterocycles. The molecule has 1 fully saturated rings. The smallest absolute Gasteiger partial charge is 0.135 e. The van der Waals surface area contributed by atoms with Crippen molar-refractivity contribution < 1.29 is 9.84 Å². The number of anilines is 1. The van der Waals surface area contributed by atoms with Crippen LogP contribution in [0.5, 0.6) is 0 Å². The van der Waals surface area contributed by atoms with E-state index >= 15 is 0 Å². The zero-order valence-corrected chi connectivity index (χ0v) is 11.9. The van der Waals surface area contributed by atoms with E-state index in [0.29, 0.717) is 0 Å². The molecule has 0 saturated carbocycles. The lowest BCUT2D eigenvalue weighted by Crippen LogP contribution is -2.65. The van der Waals surface area contributed by atoms with Gasteiger partial charge in [-0.15, -0.1) is 0 Å². The van der Waals surface area contributed by atoms with Crippen molar-refractivity contribution in [1.82, 2.24) is 5.32 Å². The van der Waals surface area contributed by atoms with Gasteiger partial charge in [0.15, 0.2) is 0 Å². The van der Waals surface area contributed by atoms with Gasteiger partial charge in [-0.05, 0) is 31.5 Å². The van der Waals surface area contributed by atoms with Crippen LogP contribution in [-0.2, 0) is 10.3 Å². The van der Waals surface area contributed by atoms with Gasteiger partial charge in [-0.25, -0.2) is 0 Å². The van der Waals surface area contributed by atoms with Crippen LogP contribution in [0.4, 0.5) is 5.69 Å². The molecule has 0 amide bonds. The third kappa shape index (κ3) is 1.79. The Morgan fingerprint density at radius 3 is 2.85 bits per heavy atom. The Kier molecular flexibility index (Phi) is 3.54. The van der Waals surface area contributed by atoms with E-state index in [0.717, 1.165) is 37.1 Å². The predicted molar refractivity (Wildman–Crippen MR) is 79.6 cm³/mol. The first-order valence-electron chi connectivity index (χ1n) is 7.23. The lowest BCUT2D eigenvalue weighted by atomic mass is 9.69. The van der Waals surface area contributed by atoms with E-state index in [2.05, 4.69) is 16.7 Å². The van der Waals surface area contributed by atoms with Crippen molar-refractivity contribution in [2.45, 2.75) is 30.4 Å². The summed E-state index contributed by atoms with van der Waals surface area (Å²) in [6, 6.07) is 8.14. The van der Waals surface area contributed by atoms with Crippen molar-refractivity contribution in [1.29, 1.82) is 0 Å². The monoisotopic (exact) mass is 274 g/mol. The summed E-state index contributed by atoms with van der Waals surface area (Å²) in [6.07, 6.45) is 7.09. The fourth-order valence-electron chi connectivity index (χ4n) is 3.60. The summed E-state index contributed by atoms with van der Waals surface area (Å²) in [5.41, 5.74) is 1.02. The second-order valence-corrected chi connectivity index (χ2v) is 5.59. The molecule has 4 nitrogen and oxygen atoms in total. The van der Waals surface area contributed by atoms with Crippen LogP contribution in [0.2, 0.25) is 0 Å². The lowest BCUT2D eigenvalue weighted by molar-refractivity contribution is -0.0862. The second kappa shape index (κ2) is 5.20. The van der Waals surface area contributed by atoms with Crippen molar-refractivity contribution in [2.75, 3.05) is 25.6 Å². The minimum absolute atomic E-state index is 0.0551. The van der Waals surface area contributed by atoms with E-state index in [9.17, 15) is 5.11 Å². The summed E-state index contributed by atoms with van der Waals surface area (Å²) in [5.74, 6) is 0. The molecular weight excluding hydrogens is 252 g/mol. The highest BCUT2D eigenvalue weighted by Crippen LogP contribution is 2.46. The molecular formula is C16H22N2O2. The molecule has 0 radical (unpaired) electrons. The van der Waals surface area contributed by atoms with Crippen LogP contribution in [-0.4, -0.2) is 30.9 Å². The van der Waals surface area contributed by atoms with Crippen molar-refractivity contribution in [2.24, 2.45) is 0 Å². The van der Waals surface area contributed by atoms with Crippen LogP contribution in [0.1, 0.15) is 24.8 Å². The minimum Gasteiger partial charge on any atom is -0.394 e. The third-order valence-electron chi connectivity index (χ3n) is 4.68. The highest BCUT2D eigenvalue weighted by Gasteiger charge is 2.53. The number of rotatable bonds is 3. The van der Waals surface area contributed by atoms with Crippen LogP contribution >= 0.6 is 0 Å². The zero-order chi connectivity index (χ0) is 14.1. The van der Waals surface area contributed by atoms with E-state index in [1.165, 1.54) is 0 Å². The number of benzene rings is 1. The van der Waals surface area contributed by atoms with Gasteiger partial charge in [0.2, 0.25) is 0 Å². The zero-order valence-electron chi connectivity index (χ0n) is 11.9. The van der Waals surface area contributed by atoms with Crippen LogP contribution in [0, 0.1) is 0 Å². The number of hydrogen-bond acceptors (Lipinski definition) is 4. The minimum atomic E-state index is -0.635. The van der Waals surface area contributed by atoms with Gasteiger partial charge < -0.3 is 20.5 Å². The first kappa shape index (κ1) is 13.6. The average Bonchev–Trinajstić information content (AvgIpc) is 2.54. The number of nitrogens with one attached hydrogen (secondary N) is 2. The van der Waals surface area contributed by atoms with Crippen LogP contribution < -0.4 is 10.6 Å². The Morgan fingerprint density at radius 1 is 1.30 bits per heavy atom. The topological polar surface area (TPSA) is 53.5 Å². The number of fused-ring (bicyclic) bond motifs is 1. The first-order chi connectivity index (χ1) is 9.78. The molecule has 3 N–H and O–H groups in total. The summed E-state index contributed by atoms with van der Waals surface area (Å²) in [5, 5.41) is 16.9. The molecule has 1 aromatic carbocycles. The van der Waals surface area contributed by atoms with E-state index in [1.54, 1.807) is 7.11 Å². The van der Waals surface area contributed by atoms with E-state index in [-0.39, 0.29) is 6.61 Å². The Bertz CT molecular complexity index is 509. The Balaban J connectivity index is 2.15. The highest BCUT2D eigenvalue weighted by atomic mass is 16.5. The Labute approximate surface area is 119 Å². The number of aliphatic hydroxyl groups is 1. The van der Waals surface area contributed by atoms with Crippen LogP contribution in [0.3, 0.4) is 0 Å². The maximum Gasteiger partial charge on any atom is 0.135 e. The molecule has 2 aliphatic rings. The normalized spacial score (nSPS) is 32.5. The molecule has 20 heavy (non-hydrogen) atoms. The van der Waals surface area contributed by atoms with Gasteiger partial charge in [0, 0.05) is 24.6 Å². The number of piperidine rings is 1. The standard InChI is InChI=1S/C16H22N2O2/c1-20-16(15(12-19)8-4-5-10-18-15)9-11-17-14-7-3-2-6-13(14)16/h2-3,6-7,9,11,17-19H,4-5,8,10,12H2,1H3.